The van der Waals surface area contributed by atoms with Crippen molar-refractivity contribution in [1.82, 2.24) is 10.2 Å². The highest BCUT2D eigenvalue weighted by Crippen LogP contribution is 2.36. The van der Waals surface area contributed by atoms with Crippen LogP contribution >= 0.6 is 0 Å². The molecule has 3 atom stereocenters. The molecular weight excluding hydrogens is 200 g/mol. The second-order valence-corrected chi connectivity index (χ2v) is 5.76. The number of methoxy groups -OCH3 is 1. The van der Waals surface area contributed by atoms with Crippen molar-refractivity contribution >= 4 is 0 Å². The van der Waals surface area contributed by atoms with Gasteiger partial charge in [-0.1, -0.05) is 0 Å². The van der Waals surface area contributed by atoms with Gasteiger partial charge in [0, 0.05) is 38.3 Å². The van der Waals surface area contributed by atoms with Crippen molar-refractivity contribution in [2.45, 2.75) is 50.2 Å². The van der Waals surface area contributed by atoms with Gasteiger partial charge >= 0.3 is 0 Å². The Labute approximate surface area is 98.5 Å². The molecule has 3 fully saturated rings. The van der Waals surface area contributed by atoms with Crippen molar-refractivity contribution in [3.8, 4) is 0 Å². The maximum absolute atomic E-state index is 5.22. The lowest BCUT2D eigenvalue weighted by Crippen LogP contribution is -2.38. The third-order valence-electron chi connectivity index (χ3n) is 4.55. The summed E-state index contributed by atoms with van der Waals surface area (Å²) in [5, 5.41) is 3.74. The summed E-state index contributed by atoms with van der Waals surface area (Å²) in [6, 6.07) is 2.56. The summed E-state index contributed by atoms with van der Waals surface area (Å²) in [6.45, 7) is 3.34. The zero-order chi connectivity index (χ0) is 11.0. The minimum atomic E-state index is 0.828. The molecule has 1 N–H and O–H groups in total. The topological polar surface area (TPSA) is 24.5 Å². The summed E-state index contributed by atoms with van der Waals surface area (Å²) >= 11 is 0. The minimum Gasteiger partial charge on any atom is -0.383 e. The molecule has 92 valence electrons. The summed E-state index contributed by atoms with van der Waals surface area (Å²) < 4.78 is 5.22. The summed E-state index contributed by atoms with van der Waals surface area (Å²) in [7, 11) is 1.81. The lowest BCUT2D eigenvalue weighted by molar-refractivity contribution is 0.127. The summed E-state index contributed by atoms with van der Waals surface area (Å²) in [4.78, 5) is 2.68. The van der Waals surface area contributed by atoms with Crippen molar-refractivity contribution in [3.63, 3.8) is 0 Å². The standard InChI is InChI=1S/C13H24N2O/c1-16-7-6-15(12-3-4-12)9-10-8-11-2-5-13(10)14-11/h10-14H,2-9H2,1H3. The smallest absolute Gasteiger partial charge is 0.0589 e. The molecule has 0 amide bonds. The number of hydrogen-bond donors (Lipinski definition) is 1. The second kappa shape index (κ2) is 4.63. The SMILES string of the molecule is COCCN(CC1CC2CCC1N2)C1CC1. The van der Waals surface area contributed by atoms with Crippen LogP contribution in [0.5, 0.6) is 0 Å². The average molecular weight is 224 g/mol. The first kappa shape index (κ1) is 11.0. The fourth-order valence-corrected chi connectivity index (χ4v) is 3.51. The largest absolute Gasteiger partial charge is 0.383 e. The quantitative estimate of drug-likeness (QED) is 0.734. The zero-order valence-corrected chi connectivity index (χ0v) is 10.3. The molecule has 0 aromatic carbocycles. The van der Waals surface area contributed by atoms with Crippen LogP contribution in [0.4, 0.5) is 0 Å². The molecular formula is C13H24N2O. The lowest BCUT2D eigenvalue weighted by Gasteiger charge is -2.29. The van der Waals surface area contributed by atoms with Crippen LogP contribution in [-0.2, 0) is 4.74 Å². The van der Waals surface area contributed by atoms with Crippen LogP contribution in [0.3, 0.4) is 0 Å². The van der Waals surface area contributed by atoms with E-state index in [-0.39, 0.29) is 0 Å². The molecule has 0 radical (unpaired) electrons. The van der Waals surface area contributed by atoms with Crippen molar-refractivity contribution in [3.05, 3.63) is 0 Å². The molecule has 0 aromatic heterocycles. The normalized spacial score (nSPS) is 37.5. The van der Waals surface area contributed by atoms with Crippen LogP contribution in [0.25, 0.3) is 0 Å². The molecule has 3 heteroatoms. The van der Waals surface area contributed by atoms with Gasteiger partial charge in [-0.25, -0.2) is 0 Å². The molecule has 3 nitrogen and oxygen atoms in total. The molecule has 0 aromatic rings. The van der Waals surface area contributed by atoms with Crippen molar-refractivity contribution in [2.24, 2.45) is 5.92 Å². The molecule has 2 bridgehead atoms. The minimum absolute atomic E-state index is 0.828. The second-order valence-electron chi connectivity index (χ2n) is 5.76. The first-order chi connectivity index (χ1) is 7.86. The Morgan fingerprint density at radius 3 is 2.69 bits per heavy atom. The van der Waals surface area contributed by atoms with Crippen LogP contribution in [0.2, 0.25) is 0 Å². The van der Waals surface area contributed by atoms with E-state index in [1.807, 2.05) is 7.11 Å². The van der Waals surface area contributed by atoms with Crippen LogP contribution < -0.4 is 5.32 Å². The van der Waals surface area contributed by atoms with Gasteiger partial charge in [-0.05, 0) is 38.0 Å². The van der Waals surface area contributed by atoms with Gasteiger partial charge < -0.3 is 10.1 Å². The first-order valence-corrected chi connectivity index (χ1v) is 6.86. The Balaban J connectivity index is 1.51. The molecule has 3 rings (SSSR count). The molecule has 2 saturated heterocycles. The van der Waals surface area contributed by atoms with Gasteiger partial charge in [0.15, 0.2) is 0 Å². The Kier molecular flexibility index (Phi) is 3.18. The van der Waals surface area contributed by atoms with Crippen LogP contribution in [0, 0.1) is 5.92 Å². The van der Waals surface area contributed by atoms with Gasteiger partial charge in [0.25, 0.3) is 0 Å². The van der Waals surface area contributed by atoms with E-state index in [9.17, 15) is 0 Å². The van der Waals surface area contributed by atoms with E-state index in [0.29, 0.717) is 0 Å². The van der Waals surface area contributed by atoms with Gasteiger partial charge in [-0.15, -0.1) is 0 Å². The van der Waals surface area contributed by atoms with Crippen molar-refractivity contribution in [1.29, 1.82) is 0 Å². The van der Waals surface area contributed by atoms with E-state index in [4.69, 9.17) is 4.74 Å². The third kappa shape index (κ3) is 2.27. The fraction of sp³-hybridized carbons (Fsp3) is 1.00. The highest BCUT2D eigenvalue weighted by molar-refractivity contribution is 4.99. The molecule has 0 spiro atoms. The highest BCUT2D eigenvalue weighted by atomic mass is 16.5. The first-order valence-electron chi connectivity index (χ1n) is 6.86. The van der Waals surface area contributed by atoms with Crippen LogP contribution in [0.1, 0.15) is 32.1 Å². The Morgan fingerprint density at radius 1 is 1.25 bits per heavy atom. The van der Waals surface area contributed by atoms with Gasteiger partial charge in [0.2, 0.25) is 0 Å². The van der Waals surface area contributed by atoms with Crippen LogP contribution in [-0.4, -0.2) is 49.8 Å². The average Bonchev–Trinajstić information content (AvgIpc) is 2.94. The van der Waals surface area contributed by atoms with Gasteiger partial charge in [-0.2, -0.15) is 0 Å². The maximum Gasteiger partial charge on any atom is 0.0589 e. The van der Waals surface area contributed by atoms with E-state index in [0.717, 1.165) is 37.2 Å². The predicted octanol–water partition coefficient (Wildman–Crippen LogP) is 1.24. The van der Waals surface area contributed by atoms with Gasteiger partial charge in [-0.3, -0.25) is 4.90 Å². The Hall–Kier alpha value is -0.120. The van der Waals surface area contributed by atoms with E-state index in [1.165, 1.54) is 38.6 Å². The van der Waals surface area contributed by atoms with Crippen molar-refractivity contribution in [2.75, 3.05) is 26.8 Å². The Morgan fingerprint density at radius 2 is 2.12 bits per heavy atom. The molecule has 2 heterocycles. The summed E-state index contributed by atoms with van der Waals surface area (Å²) in [5.74, 6) is 0.913. The zero-order valence-electron chi connectivity index (χ0n) is 10.3. The van der Waals surface area contributed by atoms with Crippen molar-refractivity contribution < 1.29 is 4.74 Å². The van der Waals surface area contributed by atoms with E-state index in [2.05, 4.69) is 10.2 Å². The molecule has 16 heavy (non-hydrogen) atoms. The lowest BCUT2D eigenvalue weighted by atomic mass is 9.89. The maximum atomic E-state index is 5.22. The number of nitrogens with one attached hydrogen (secondary N) is 1. The number of hydrogen-bond acceptors (Lipinski definition) is 3. The molecule has 2 aliphatic heterocycles. The van der Waals surface area contributed by atoms with Gasteiger partial charge in [0.05, 0.1) is 6.61 Å². The van der Waals surface area contributed by atoms with Gasteiger partial charge in [0.1, 0.15) is 0 Å². The fourth-order valence-electron chi connectivity index (χ4n) is 3.51. The molecule has 3 aliphatic rings. The van der Waals surface area contributed by atoms with E-state index >= 15 is 0 Å². The Bertz CT molecular complexity index is 242. The highest BCUT2D eigenvalue weighted by Gasteiger charge is 2.41. The third-order valence-corrected chi connectivity index (χ3v) is 4.55. The number of ether oxygens (including phenoxy) is 1. The number of rotatable bonds is 6. The van der Waals surface area contributed by atoms with E-state index in [1.54, 1.807) is 0 Å². The monoisotopic (exact) mass is 224 g/mol. The molecule has 3 unspecified atom stereocenters. The molecule has 1 aliphatic carbocycles. The number of fused-ring (bicyclic) bond motifs is 2. The molecule has 1 saturated carbocycles. The number of nitrogens with zero attached hydrogens (tertiary/aromatic N) is 1. The summed E-state index contributed by atoms with van der Waals surface area (Å²) in [5.41, 5.74) is 0. The van der Waals surface area contributed by atoms with Crippen LogP contribution in [0.15, 0.2) is 0 Å². The van der Waals surface area contributed by atoms with E-state index < -0.39 is 0 Å². The summed E-state index contributed by atoms with van der Waals surface area (Å²) in [6.07, 6.45) is 7.08. The predicted molar refractivity (Wildman–Crippen MR) is 64.5 cm³/mol.